The molecule has 26 heavy (non-hydrogen) atoms. The standard InChI is InChI=1S/C19H16FNO5/c1-24-14-5-3-4-13(8-14)11-21-18(22)17(26-19(21)23)10-12-6-7-15(20)16(9-12)25-2/h3-10H,11H2,1-2H3/b17-10-. The largest absolute Gasteiger partial charge is 0.497 e. The number of imide groups is 1. The van der Waals surface area contributed by atoms with E-state index in [1.54, 1.807) is 24.3 Å². The third-order valence-electron chi connectivity index (χ3n) is 3.82. The van der Waals surface area contributed by atoms with Crippen molar-refractivity contribution < 1.29 is 28.2 Å². The fourth-order valence-corrected chi connectivity index (χ4v) is 2.51. The first kappa shape index (κ1) is 17.5. The first-order chi connectivity index (χ1) is 12.5. The van der Waals surface area contributed by atoms with Crippen LogP contribution in [0.1, 0.15) is 11.1 Å². The maximum Gasteiger partial charge on any atom is 0.422 e. The van der Waals surface area contributed by atoms with Crippen molar-refractivity contribution in [3.8, 4) is 11.5 Å². The molecular formula is C19H16FNO5. The molecule has 1 aliphatic heterocycles. The Balaban J connectivity index is 1.82. The van der Waals surface area contributed by atoms with Crippen LogP contribution in [0.2, 0.25) is 0 Å². The molecule has 2 aromatic carbocycles. The lowest BCUT2D eigenvalue weighted by Gasteiger charge is -2.11. The summed E-state index contributed by atoms with van der Waals surface area (Å²) in [4.78, 5) is 25.5. The molecule has 2 amide bonds. The first-order valence-electron chi connectivity index (χ1n) is 7.73. The maximum absolute atomic E-state index is 13.5. The summed E-state index contributed by atoms with van der Waals surface area (Å²) in [5.74, 6) is -0.572. The Kier molecular flexibility index (Phi) is 4.88. The van der Waals surface area contributed by atoms with Crippen LogP contribution in [-0.4, -0.2) is 31.1 Å². The third kappa shape index (κ3) is 3.51. The minimum absolute atomic E-state index is 0.0318. The summed E-state index contributed by atoms with van der Waals surface area (Å²) in [6.45, 7) is 0.0545. The van der Waals surface area contributed by atoms with Crippen molar-refractivity contribution in [3.05, 3.63) is 65.2 Å². The van der Waals surface area contributed by atoms with Gasteiger partial charge in [-0.05, 0) is 41.5 Å². The van der Waals surface area contributed by atoms with Gasteiger partial charge < -0.3 is 14.2 Å². The quantitative estimate of drug-likeness (QED) is 0.768. The molecule has 0 radical (unpaired) electrons. The van der Waals surface area contributed by atoms with Crippen LogP contribution in [0.4, 0.5) is 9.18 Å². The predicted molar refractivity (Wildman–Crippen MR) is 91.0 cm³/mol. The molecule has 1 heterocycles. The SMILES string of the molecule is COc1cccc(CN2C(=O)O/C(=C\c3ccc(F)c(OC)c3)C2=O)c1. The zero-order chi connectivity index (χ0) is 18.7. The summed E-state index contributed by atoms with van der Waals surface area (Å²) >= 11 is 0. The van der Waals surface area contributed by atoms with E-state index in [-0.39, 0.29) is 18.1 Å². The zero-order valence-electron chi connectivity index (χ0n) is 14.2. The average Bonchev–Trinajstić information content (AvgIpc) is 2.91. The summed E-state index contributed by atoms with van der Waals surface area (Å²) in [7, 11) is 2.87. The molecule has 0 saturated carbocycles. The van der Waals surface area contributed by atoms with Crippen molar-refractivity contribution in [1.82, 2.24) is 4.90 Å². The summed E-state index contributed by atoms with van der Waals surface area (Å²) < 4.78 is 28.6. The van der Waals surface area contributed by atoms with Gasteiger partial charge in [0.1, 0.15) is 5.75 Å². The van der Waals surface area contributed by atoms with E-state index in [2.05, 4.69) is 0 Å². The van der Waals surface area contributed by atoms with Crippen LogP contribution in [0.15, 0.2) is 48.2 Å². The van der Waals surface area contributed by atoms with Crippen LogP contribution in [0.5, 0.6) is 11.5 Å². The fraction of sp³-hybridized carbons (Fsp3) is 0.158. The van der Waals surface area contributed by atoms with E-state index in [9.17, 15) is 14.0 Å². The van der Waals surface area contributed by atoms with E-state index in [0.29, 0.717) is 11.3 Å². The van der Waals surface area contributed by atoms with Gasteiger partial charge in [0, 0.05) is 0 Å². The highest BCUT2D eigenvalue weighted by Gasteiger charge is 2.36. The molecule has 2 aromatic rings. The summed E-state index contributed by atoms with van der Waals surface area (Å²) in [6.07, 6.45) is 0.603. The summed E-state index contributed by atoms with van der Waals surface area (Å²) in [5.41, 5.74) is 1.20. The molecule has 0 atom stereocenters. The van der Waals surface area contributed by atoms with Gasteiger partial charge >= 0.3 is 6.09 Å². The fourth-order valence-electron chi connectivity index (χ4n) is 2.51. The molecule has 0 spiro atoms. The van der Waals surface area contributed by atoms with Gasteiger partial charge in [-0.2, -0.15) is 0 Å². The average molecular weight is 357 g/mol. The molecule has 0 N–H and O–H groups in total. The number of methoxy groups -OCH3 is 2. The number of rotatable bonds is 5. The molecule has 1 saturated heterocycles. The Morgan fingerprint density at radius 3 is 2.65 bits per heavy atom. The van der Waals surface area contributed by atoms with Gasteiger partial charge in [0.05, 0.1) is 20.8 Å². The molecule has 0 aliphatic carbocycles. The number of ether oxygens (including phenoxy) is 3. The number of carbonyl (C=O) groups is 2. The van der Waals surface area contributed by atoms with E-state index in [1.165, 1.54) is 38.5 Å². The van der Waals surface area contributed by atoms with E-state index in [0.717, 1.165) is 10.5 Å². The van der Waals surface area contributed by atoms with E-state index >= 15 is 0 Å². The van der Waals surface area contributed by atoms with Gasteiger partial charge in [-0.1, -0.05) is 18.2 Å². The number of nitrogens with zero attached hydrogens (tertiary/aromatic N) is 1. The molecule has 134 valence electrons. The van der Waals surface area contributed by atoms with Gasteiger partial charge in [0.2, 0.25) is 0 Å². The highest BCUT2D eigenvalue weighted by Crippen LogP contribution is 2.25. The Bertz CT molecular complexity index is 893. The second-order valence-corrected chi connectivity index (χ2v) is 5.51. The Hall–Kier alpha value is -3.35. The Morgan fingerprint density at radius 1 is 1.12 bits per heavy atom. The highest BCUT2D eigenvalue weighted by atomic mass is 19.1. The molecular weight excluding hydrogens is 341 g/mol. The van der Waals surface area contributed by atoms with E-state index < -0.39 is 17.8 Å². The summed E-state index contributed by atoms with van der Waals surface area (Å²) in [6, 6.07) is 11.1. The molecule has 0 bridgehead atoms. The van der Waals surface area contributed by atoms with Gasteiger partial charge in [-0.15, -0.1) is 0 Å². The van der Waals surface area contributed by atoms with Gasteiger partial charge in [0.25, 0.3) is 5.91 Å². The van der Waals surface area contributed by atoms with Crippen LogP contribution in [0.3, 0.4) is 0 Å². The third-order valence-corrected chi connectivity index (χ3v) is 3.82. The topological polar surface area (TPSA) is 65.1 Å². The maximum atomic E-state index is 13.5. The smallest absolute Gasteiger partial charge is 0.422 e. The molecule has 1 fully saturated rings. The number of amides is 2. The molecule has 0 aromatic heterocycles. The number of carbonyl (C=O) groups excluding carboxylic acids is 2. The second-order valence-electron chi connectivity index (χ2n) is 5.51. The second kappa shape index (κ2) is 7.26. The van der Waals surface area contributed by atoms with Crippen LogP contribution in [-0.2, 0) is 16.1 Å². The van der Waals surface area contributed by atoms with Crippen molar-refractivity contribution in [2.75, 3.05) is 14.2 Å². The van der Waals surface area contributed by atoms with Crippen molar-refractivity contribution >= 4 is 18.1 Å². The van der Waals surface area contributed by atoms with Crippen LogP contribution in [0, 0.1) is 5.82 Å². The number of hydrogen-bond donors (Lipinski definition) is 0. The minimum atomic E-state index is -0.766. The normalized spacial score (nSPS) is 15.3. The number of halogens is 1. The lowest BCUT2D eigenvalue weighted by Crippen LogP contribution is -2.28. The van der Waals surface area contributed by atoms with Crippen molar-refractivity contribution in [2.24, 2.45) is 0 Å². The number of benzene rings is 2. The van der Waals surface area contributed by atoms with E-state index in [4.69, 9.17) is 14.2 Å². The predicted octanol–water partition coefficient (Wildman–Crippen LogP) is 3.36. The number of hydrogen-bond acceptors (Lipinski definition) is 5. The van der Waals surface area contributed by atoms with Crippen molar-refractivity contribution in [1.29, 1.82) is 0 Å². The lowest BCUT2D eigenvalue weighted by molar-refractivity contribution is -0.123. The Labute approximate surface area is 149 Å². The van der Waals surface area contributed by atoms with Gasteiger partial charge in [-0.3, -0.25) is 4.79 Å². The molecule has 7 heteroatoms. The summed E-state index contributed by atoms with van der Waals surface area (Å²) in [5, 5.41) is 0. The number of cyclic esters (lactones) is 1. The first-order valence-corrected chi connectivity index (χ1v) is 7.73. The van der Waals surface area contributed by atoms with Crippen molar-refractivity contribution in [2.45, 2.75) is 6.54 Å². The van der Waals surface area contributed by atoms with Crippen LogP contribution >= 0.6 is 0 Å². The Morgan fingerprint density at radius 2 is 1.92 bits per heavy atom. The molecule has 6 nitrogen and oxygen atoms in total. The van der Waals surface area contributed by atoms with Gasteiger partial charge in [0.15, 0.2) is 17.3 Å². The monoisotopic (exact) mass is 357 g/mol. The molecule has 3 rings (SSSR count). The van der Waals surface area contributed by atoms with Crippen molar-refractivity contribution in [3.63, 3.8) is 0 Å². The minimum Gasteiger partial charge on any atom is -0.497 e. The van der Waals surface area contributed by atoms with E-state index in [1.807, 2.05) is 0 Å². The van der Waals surface area contributed by atoms with Gasteiger partial charge in [-0.25, -0.2) is 14.1 Å². The van der Waals surface area contributed by atoms with Crippen LogP contribution < -0.4 is 9.47 Å². The highest BCUT2D eigenvalue weighted by molar-refractivity contribution is 6.09. The molecule has 1 aliphatic rings. The van der Waals surface area contributed by atoms with Crippen LogP contribution in [0.25, 0.3) is 6.08 Å². The lowest BCUT2D eigenvalue weighted by atomic mass is 10.1. The zero-order valence-corrected chi connectivity index (χ0v) is 14.2. The molecule has 0 unspecified atom stereocenters.